The van der Waals surface area contributed by atoms with Crippen LogP contribution in [0.25, 0.3) is 0 Å². The van der Waals surface area contributed by atoms with Crippen molar-refractivity contribution >= 4 is 11.3 Å². The van der Waals surface area contributed by atoms with E-state index < -0.39 is 0 Å². The second kappa shape index (κ2) is 6.66. The zero-order valence-electron chi connectivity index (χ0n) is 11.1. The third kappa shape index (κ3) is 3.93. The molecule has 1 aromatic heterocycles. The molecule has 2 aromatic rings. The van der Waals surface area contributed by atoms with Crippen LogP contribution in [0.5, 0.6) is 0 Å². The fourth-order valence-corrected chi connectivity index (χ4v) is 2.91. The summed E-state index contributed by atoms with van der Waals surface area (Å²) < 4.78 is 0. The third-order valence-electron chi connectivity index (χ3n) is 2.95. The predicted molar refractivity (Wildman–Crippen MR) is 78.1 cm³/mol. The molecule has 0 aliphatic carbocycles. The topological polar surface area (TPSA) is 24.9 Å². The first-order valence-electron chi connectivity index (χ1n) is 6.43. The third-order valence-corrected chi connectivity index (χ3v) is 4.02. The van der Waals surface area contributed by atoms with Crippen LogP contribution < -0.4 is 5.32 Å². The summed E-state index contributed by atoms with van der Waals surface area (Å²) in [6, 6.07) is 10.7. The van der Waals surface area contributed by atoms with Crippen molar-refractivity contribution in [2.45, 2.75) is 33.2 Å². The number of nitrogens with zero attached hydrogens (tertiary/aromatic N) is 1. The molecular weight excluding hydrogens is 240 g/mol. The molecule has 96 valence electrons. The minimum atomic E-state index is 0.951. The maximum Gasteiger partial charge on any atom is 0.0900 e. The molecule has 18 heavy (non-hydrogen) atoms. The molecule has 1 heterocycles. The van der Waals surface area contributed by atoms with E-state index in [9.17, 15) is 0 Å². The molecular formula is C15H20N2S. The second-order valence-corrected chi connectivity index (χ2v) is 5.80. The van der Waals surface area contributed by atoms with Gasteiger partial charge in [0.2, 0.25) is 0 Å². The Kier molecular flexibility index (Phi) is 4.90. The summed E-state index contributed by atoms with van der Waals surface area (Å²) in [6.45, 7) is 6.17. The van der Waals surface area contributed by atoms with Gasteiger partial charge < -0.3 is 5.32 Å². The first-order chi connectivity index (χ1) is 8.75. The highest BCUT2D eigenvalue weighted by molar-refractivity contribution is 7.11. The van der Waals surface area contributed by atoms with Gasteiger partial charge in [0.25, 0.3) is 0 Å². The van der Waals surface area contributed by atoms with Crippen LogP contribution in [0.3, 0.4) is 0 Å². The van der Waals surface area contributed by atoms with Crippen molar-refractivity contribution in [3.8, 4) is 0 Å². The average molecular weight is 260 g/mol. The predicted octanol–water partition coefficient (Wildman–Crippen LogP) is 3.48. The van der Waals surface area contributed by atoms with Gasteiger partial charge in [0, 0.05) is 11.4 Å². The van der Waals surface area contributed by atoms with Crippen LogP contribution >= 0.6 is 11.3 Å². The van der Waals surface area contributed by atoms with Gasteiger partial charge in [-0.2, -0.15) is 0 Å². The van der Waals surface area contributed by atoms with Crippen molar-refractivity contribution in [3.05, 3.63) is 51.5 Å². The molecule has 0 aliphatic rings. The molecule has 0 amide bonds. The molecule has 1 N–H and O–H groups in total. The molecule has 0 radical (unpaired) electrons. The van der Waals surface area contributed by atoms with Gasteiger partial charge in [0.15, 0.2) is 0 Å². The van der Waals surface area contributed by atoms with Gasteiger partial charge in [0.1, 0.15) is 0 Å². The summed E-state index contributed by atoms with van der Waals surface area (Å²) in [6.07, 6.45) is 2.33. The van der Waals surface area contributed by atoms with Crippen LogP contribution in [0, 0.1) is 13.8 Å². The quantitative estimate of drug-likeness (QED) is 0.804. The van der Waals surface area contributed by atoms with Crippen LogP contribution in [0.2, 0.25) is 0 Å². The fraction of sp³-hybridized carbons (Fsp3) is 0.400. The van der Waals surface area contributed by atoms with Crippen LogP contribution in [-0.4, -0.2) is 11.5 Å². The highest BCUT2D eigenvalue weighted by Gasteiger charge is 2.03. The Morgan fingerprint density at radius 1 is 1.17 bits per heavy atom. The van der Waals surface area contributed by atoms with Crippen molar-refractivity contribution in [3.63, 3.8) is 0 Å². The maximum atomic E-state index is 4.44. The number of thiazole rings is 1. The molecule has 0 atom stereocenters. The Labute approximate surface area is 113 Å². The van der Waals surface area contributed by atoms with Crippen LogP contribution in [0.15, 0.2) is 30.3 Å². The Morgan fingerprint density at radius 2 is 1.94 bits per heavy atom. The summed E-state index contributed by atoms with van der Waals surface area (Å²) in [5, 5.41) is 4.66. The summed E-state index contributed by atoms with van der Waals surface area (Å²) in [5.74, 6) is 0. The fourth-order valence-electron chi connectivity index (χ4n) is 2.00. The molecule has 0 aliphatic heterocycles. The van der Waals surface area contributed by atoms with E-state index in [2.05, 4.69) is 54.5 Å². The van der Waals surface area contributed by atoms with Gasteiger partial charge in [-0.25, -0.2) is 4.98 Å². The molecule has 2 nitrogen and oxygen atoms in total. The molecule has 0 unspecified atom stereocenters. The first-order valence-corrected chi connectivity index (χ1v) is 7.25. The lowest BCUT2D eigenvalue weighted by molar-refractivity contribution is 0.652. The van der Waals surface area contributed by atoms with Crippen LogP contribution in [-0.2, 0) is 13.0 Å². The largest absolute Gasteiger partial charge is 0.312 e. The zero-order chi connectivity index (χ0) is 12.8. The molecule has 3 heteroatoms. The minimum absolute atomic E-state index is 0.951. The maximum absolute atomic E-state index is 4.44. The molecule has 0 saturated carbocycles. The molecule has 0 bridgehead atoms. The normalized spacial score (nSPS) is 10.8. The Hall–Kier alpha value is -1.19. The van der Waals surface area contributed by atoms with Gasteiger partial charge in [-0.1, -0.05) is 30.3 Å². The lowest BCUT2D eigenvalue weighted by Gasteiger charge is -2.04. The zero-order valence-corrected chi connectivity index (χ0v) is 11.9. The summed E-state index contributed by atoms with van der Waals surface area (Å²) in [5.41, 5.74) is 2.59. The van der Waals surface area contributed by atoms with Gasteiger partial charge in [-0.3, -0.25) is 0 Å². The van der Waals surface area contributed by atoms with Crippen LogP contribution in [0.1, 0.15) is 27.6 Å². The second-order valence-electron chi connectivity index (χ2n) is 4.51. The Morgan fingerprint density at radius 3 is 2.61 bits per heavy atom. The van der Waals surface area contributed by atoms with E-state index in [-0.39, 0.29) is 0 Å². The van der Waals surface area contributed by atoms with Gasteiger partial charge in [-0.15, -0.1) is 11.3 Å². The van der Waals surface area contributed by atoms with E-state index in [1.165, 1.54) is 22.6 Å². The van der Waals surface area contributed by atoms with Crippen molar-refractivity contribution < 1.29 is 0 Å². The number of hydrogen-bond acceptors (Lipinski definition) is 3. The van der Waals surface area contributed by atoms with E-state index in [4.69, 9.17) is 0 Å². The highest BCUT2D eigenvalue weighted by Crippen LogP contribution is 2.16. The van der Waals surface area contributed by atoms with E-state index in [1.807, 2.05) is 0 Å². The van der Waals surface area contributed by atoms with Gasteiger partial charge in [0.05, 0.1) is 10.7 Å². The lowest BCUT2D eigenvalue weighted by Crippen LogP contribution is -2.15. The summed E-state index contributed by atoms with van der Waals surface area (Å²) in [7, 11) is 0. The standard InChI is InChI=1S/C15H20N2S/c1-12-15(18-13(2)17-12)11-16-10-6-9-14-7-4-3-5-8-14/h3-5,7-8,16H,6,9-11H2,1-2H3. The van der Waals surface area contributed by atoms with Crippen LogP contribution in [0.4, 0.5) is 0 Å². The number of aryl methyl sites for hydroxylation is 3. The average Bonchev–Trinajstić information content (AvgIpc) is 2.69. The summed E-state index contributed by atoms with van der Waals surface area (Å²) >= 11 is 1.80. The lowest BCUT2D eigenvalue weighted by atomic mass is 10.1. The number of nitrogens with one attached hydrogen (secondary N) is 1. The SMILES string of the molecule is Cc1nc(C)c(CNCCCc2ccccc2)s1. The van der Waals surface area contributed by atoms with Crippen molar-refractivity contribution in [2.75, 3.05) is 6.54 Å². The van der Waals surface area contributed by atoms with E-state index in [0.717, 1.165) is 24.5 Å². The molecule has 1 aromatic carbocycles. The molecule has 2 rings (SSSR count). The van der Waals surface area contributed by atoms with Gasteiger partial charge in [-0.05, 0) is 38.8 Å². The van der Waals surface area contributed by atoms with Crippen molar-refractivity contribution in [2.24, 2.45) is 0 Å². The number of aromatic nitrogens is 1. The van der Waals surface area contributed by atoms with E-state index >= 15 is 0 Å². The minimum Gasteiger partial charge on any atom is -0.312 e. The summed E-state index contributed by atoms with van der Waals surface area (Å²) in [4.78, 5) is 5.80. The van der Waals surface area contributed by atoms with E-state index in [1.54, 1.807) is 11.3 Å². The Balaban J connectivity index is 1.66. The highest BCUT2D eigenvalue weighted by atomic mass is 32.1. The number of hydrogen-bond donors (Lipinski definition) is 1. The number of rotatable bonds is 6. The smallest absolute Gasteiger partial charge is 0.0900 e. The van der Waals surface area contributed by atoms with Crippen molar-refractivity contribution in [1.29, 1.82) is 0 Å². The number of benzene rings is 1. The first kappa shape index (κ1) is 13.2. The van der Waals surface area contributed by atoms with Crippen molar-refractivity contribution in [1.82, 2.24) is 10.3 Å². The van der Waals surface area contributed by atoms with Gasteiger partial charge >= 0.3 is 0 Å². The molecule has 0 fully saturated rings. The Bertz CT molecular complexity index is 476. The molecule has 0 saturated heterocycles. The monoisotopic (exact) mass is 260 g/mol. The molecule has 0 spiro atoms. The van der Waals surface area contributed by atoms with E-state index in [0.29, 0.717) is 0 Å².